The number of nitrogens with zero attached hydrogens (tertiary/aromatic N) is 2. The molecule has 0 saturated heterocycles. The number of benzene rings is 1. The number of rotatable bonds is 4. The van der Waals surface area contributed by atoms with Crippen molar-refractivity contribution in [2.24, 2.45) is 0 Å². The molecule has 0 saturated carbocycles. The van der Waals surface area contributed by atoms with Crippen molar-refractivity contribution >= 4 is 0 Å². The summed E-state index contributed by atoms with van der Waals surface area (Å²) in [6.07, 6.45) is 3.62. The van der Waals surface area contributed by atoms with Crippen LogP contribution in [0.1, 0.15) is 24.4 Å². The van der Waals surface area contributed by atoms with Crippen LogP contribution in [0.25, 0.3) is 0 Å². The quantitative estimate of drug-likeness (QED) is 0.929. The molecule has 5 heteroatoms. The van der Waals surface area contributed by atoms with Crippen molar-refractivity contribution in [1.29, 1.82) is 0 Å². The lowest BCUT2D eigenvalue weighted by Crippen LogP contribution is -2.23. The highest BCUT2D eigenvalue weighted by Gasteiger charge is 2.17. The Morgan fingerprint density at radius 2 is 2.10 bits per heavy atom. The first-order valence-electron chi connectivity index (χ1n) is 6.82. The summed E-state index contributed by atoms with van der Waals surface area (Å²) < 4.78 is 11.2. The van der Waals surface area contributed by atoms with Crippen molar-refractivity contribution in [3.8, 4) is 11.5 Å². The first kappa shape index (κ1) is 13.0. The number of H-pyrrole nitrogens is 1. The third-order valence-electron chi connectivity index (χ3n) is 3.66. The van der Waals surface area contributed by atoms with Crippen LogP contribution in [0, 0.1) is 0 Å². The predicted molar refractivity (Wildman–Crippen MR) is 75.9 cm³/mol. The molecule has 1 aliphatic heterocycles. The molecule has 1 N–H and O–H groups in total. The maximum absolute atomic E-state index is 5.64. The maximum atomic E-state index is 5.64. The number of hydrogen-bond acceptors (Lipinski definition) is 4. The lowest BCUT2D eigenvalue weighted by molar-refractivity contribution is 0.170. The number of imidazole rings is 1. The second-order valence-corrected chi connectivity index (χ2v) is 5.03. The molecule has 0 aliphatic carbocycles. The topological polar surface area (TPSA) is 50.4 Å². The van der Waals surface area contributed by atoms with Crippen LogP contribution >= 0.6 is 0 Å². The van der Waals surface area contributed by atoms with Crippen molar-refractivity contribution in [2.75, 3.05) is 20.3 Å². The molecule has 0 fully saturated rings. The Kier molecular flexibility index (Phi) is 3.60. The van der Waals surface area contributed by atoms with E-state index in [1.165, 1.54) is 5.56 Å². The van der Waals surface area contributed by atoms with Gasteiger partial charge in [0.15, 0.2) is 11.5 Å². The minimum atomic E-state index is 0.274. The molecule has 1 atom stereocenters. The average molecular weight is 273 g/mol. The smallest absolute Gasteiger partial charge is 0.161 e. The standard InChI is InChI=1S/C15H19N3O2/c1-11(18(2)10-15-16-5-6-17-15)12-3-4-13-14(9-12)20-8-7-19-13/h3-6,9,11H,7-8,10H2,1-2H3,(H,16,17). The summed E-state index contributed by atoms with van der Waals surface area (Å²) in [6.45, 7) is 4.20. The molecule has 2 aromatic rings. The number of aromatic nitrogens is 2. The zero-order valence-corrected chi connectivity index (χ0v) is 11.8. The third kappa shape index (κ3) is 2.63. The Labute approximate surface area is 118 Å². The summed E-state index contributed by atoms with van der Waals surface area (Å²) in [5.41, 5.74) is 1.21. The molecule has 0 radical (unpaired) electrons. The van der Waals surface area contributed by atoms with E-state index in [9.17, 15) is 0 Å². The number of hydrogen-bond donors (Lipinski definition) is 1. The average Bonchev–Trinajstić information content (AvgIpc) is 2.99. The summed E-state index contributed by atoms with van der Waals surface area (Å²) in [7, 11) is 2.09. The molecular formula is C15H19N3O2. The summed E-state index contributed by atoms with van der Waals surface area (Å²) >= 11 is 0. The molecule has 20 heavy (non-hydrogen) atoms. The monoisotopic (exact) mass is 273 g/mol. The van der Waals surface area contributed by atoms with Gasteiger partial charge in [0.05, 0.1) is 6.54 Å². The molecule has 1 aromatic heterocycles. The molecule has 1 aromatic carbocycles. The van der Waals surface area contributed by atoms with Crippen LogP contribution in [-0.4, -0.2) is 35.1 Å². The van der Waals surface area contributed by atoms with Crippen LogP contribution in [-0.2, 0) is 6.54 Å². The fourth-order valence-corrected chi connectivity index (χ4v) is 2.33. The SMILES string of the molecule is CC(c1ccc2c(c1)OCCO2)N(C)Cc1ncc[nH]1. The third-order valence-corrected chi connectivity index (χ3v) is 3.66. The highest BCUT2D eigenvalue weighted by Crippen LogP contribution is 2.33. The first-order chi connectivity index (χ1) is 9.74. The van der Waals surface area contributed by atoms with Gasteiger partial charge in [0.1, 0.15) is 19.0 Å². The lowest BCUT2D eigenvalue weighted by atomic mass is 10.1. The fourth-order valence-electron chi connectivity index (χ4n) is 2.33. The van der Waals surface area contributed by atoms with Gasteiger partial charge < -0.3 is 14.5 Å². The molecule has 0 bridgehead atoms. The molecule has 1 aliphatic rings. The van der Waals surface area contributed by atoms with Crippen LogP contribution in [0.4, 0.5) is 0 Å². The van der Waals surface area contributed by atoms with E-state index in [2.05, 4.69) is 41.0 Å². The Balaban J connectivity index is 1.74. The van der Waals surface area contributed by atoms with Crippen molar-refractivity contribution < 1.29 is 9.47 Å². The van der Waals surface area contributed by atoms with Gasteiger partial charge in [-0.05, 0) is 31.7 Å². The molecule has 106 valence electrons. The van der Waals surface area contributed by atoms with E-state index in [1.807, 2.05) is 12.3 Å². The second-order valence-electron chi connectivity index (χ2n) is 5.03. The molecule has 0 amide bonds. The number of fused-ring (bicyclic) bond motifs is 1. The van der Waals surface area contributed by atoms with Gasteiger partial charge in [-0.1, -0.05) is 6.07 Å². The van der Waals surface area contributed by atoms with Gasteiger partial charge in [-0.25, -0.2) is 4.98 Å². The number of aromatic amines is 1. The zero-order valence-electron chi connectivity index (χ0n) is 11.8. The van der Waals surface area contributed by atoms with Gasteiger partial charge in [0.25, 0.3) is 0 Å². The van der Waals surface area contributed by atoms with Crippen LogP contribution < -0.4 is 9.47 Å². The molecule has 5 nitrogen and oxygen atoms in total. The Hall–Kier alpha value is -2.01. The number of nitrogens with one attached hydrogen (secondary N) is 1. The van der Waals surface area contributed by atoms with Gasteiger partial charge >= 0.3 is 0 Å². The first-order valence-corrected chi connectivity index (χ1v) is 6.82. The van der Waals surface area contributed by atoms with Gasteiger partial charge in [0, 0.05) is 18.4 Å². The minimum Gasteiger partial charge on any atom is -0.486 e. The van der Waals surface area contributed by atoms with Gasteiger partial charge in [0.2, 0.25) is 0 Å². The Morgan fingerprint density at radius 3 is 2.85 bits per heavy atom. The lowest BCUT2D eigenvalue weighted by Gasteiger charge is -2.26. The van der Waals surface area contributed by atoms with Crippen molar-refractivity contribution in [2.45, 2.75) is 19.5 Å². The van der Waals surface area contributed by atoms with E-state index < -0.39 is 0 Å². The minimum absolute atomic E-state index is 0.274. The van der Waals surface area contributed by atoms with E-state index in [-0.39, 0.29) is 6.04 Å². The highest BCUT2D eigenvalue weighted by molar-refractivity contribution is 5.44. The highest BCUT2D eigenvalue weighted by atomic mass is 16.6. The van der Waals surface area contributed by atoms with Crippen molar-refractivity contribution in [3.63, 3.8) is 0 Å². The van der Waals surface area contributed by atoms with E-state index in [4.69, 9.17) is 9.47 Å². The van der Waals surface area contributed by atoms with Gasteiger partial charge in [-0.2, -0.15) is 0 Å². The number of ether oxygens (including phenoxy) is 2. The van der Waals surface area contributed by atoms with Gasteiger partial charge in [-0.15, -0.1) is 0 Å². The molecular weight excluding hydrogens is 254 g/mol. The van der Waals surface area contributed by atoms with Crippen LogP contribution in [0.2, 0.25) is 0 Å². The normalized spacial score (nSPS) is 15.3. The molecule has 1 unspecified atom stereocenters. The van der Waals surface area contributed by atoms with Crippen molar-refractivity contribution in [1.82, 2.24) is 14.9 Å². The molecule has 0 spiro atoms. The Bertz CT molecular complexity index is 569. The molecule has 3 rings (SSSR count). The summed E-state index contributed by atoms with van der Waals surface area (Å²) in [5, 5.41) is 0. The van der Waals surface area contributed by atoms with E-state index in [0.29, 0.717) is 13.2 Å². The van der Waals surface area contributed by atoms with Crippen LogP contribution in [0.5, 0.6) is 11.5 Å². The summed E-state index contributed by atoms with van der Waals surface area (Å²) in [6, 6.07) is 6.42. The predicted octanol–water partition coefficient (Wildman–Crippen LogP) is 2.37. The van der Waals surface area contributed by atoms with E-state index in [1.54, 1.807) is 6.20 Å². The van der Waals surface area contributed by atoms with E-state index in [0.717, 1.165) is 23.9 Å². The zero-order chi connectivity index (χ0) is 13.9. The fraction of sp³-hybridized carbons (Fsp3) is 0.400. The van der Waals surface area contributed by atoms with Crippen molar-refractivity contribution in [3.05, 3.63) is 42.0 Å². The van der Waals surface area contributed by atoms with Gasteiger partial charge in [-0.3, -0.25) is 4.90 Å². The summed E-state index contributed by atoms with van der Waals surface area (Å²) in [5.74, 6) is 2.64. The maximum Gasteiger partial charge on any atom is 0.161 e. The second kappa shape index (κ2) is 5.54. The largest absolute Gasteiger partial charge is 0.486 e. The Morgan fingerprint density at radius 1 is 1.30 bits per heavy atom. The van der Waals surface area contributed by atoms with E-state index >= 15 is 0 Å². The van der Waals surface area contributed by atoms with Crippen LogP contribution in [0.15, 0.2) is 30.6 Å². The van der Waals surface area contributed by atoms with Crippen LogP contribution in [0.3, 0.4) is 0 Å². The molecule has 2 heterocycles. The summed E-state index contributed by atoms with van der Waals surface area (Å²) in [4.78, 5) is 9.63.